The van der Waals surface area contributed by atoms with E-state index in [-0.39, 0.29) is 29.4 Å². The number of nitrogens with zero attached hydrogens (tertiary/aromatic N) is 2. The summed E-state index contributed by atoms with van der Waals surface area (Å²) in [4.78, 5) is 30.5. The Labute approximate surface area is 190 Å². The molecule has 3 aromatic rings. The Hall–Kier alpha value is -2.71. The number of nitrogens with one attached hydrogen (secondary N) is 1. The van der Waals surface area contributed by atoms with Gasteiger partial charge in [-0.15, -0.1) is 0 Å². The highest BCUT2D eigenvalue weighted by Gasteiger charge is 2.21. The maximum absolute atomic E-state index is 13.6. The molecule has 0 bridgehead atoms. The molecule has 2 heterocycles. The van der Waals surface area contributed by atoms with Crippen molar-refractivity contribution in [2.75, 3.05) is 6.61 Å². The van der Waals surface area contributed by atoms with Gasteiger partial charge in [-0.25, -0.2) is 9.37 Å². The predicted molar refractivity (Wildman–Crippen MR) is 124 cm³/mol. The van der Waals surface area contributed by atoms with Crippen molar-refractivity contribution in [2.45, 2.75) is 56.3 Å². The number of hydrogen-bond acceptors (Lipinski definition) is 5. The lowest BCUT2D eigenvalue weighted by atomic mass is 10.1. The standard InChI is InChI=1S/C24H26FN3O3S/c1-15(2)26-22(29)17-8-9-20-21(12-17)27-24(32-14-16-5-3-6-18(25)11-16)28(23(20)30)13-19-7-4-10-31-19/h3,5-6,8-9,11-12,15,19H,4,7,10,13-14H2,1-2H3,(H,26,29)/t19-/m1/s1. The molecule has 0 radical (unpaired) electrons. The van der Waals surface area contributed by atoms with Crippen molar-refractivity contribution in [3.05, 3.63) is 69.8 Å². The number of halogens is 1. The van der Waals surface area contributed by atoms with E-state index < -0.39 is 0 Å². The Balaban J connectivity index is 1.72. The third-order valence-electron chi connectivity index (χ3n) is 5.27. The molecule has 1 N–H and O–H groups in total. The Kier molecular flexibility index (Phi) is 6.91. The molecule has 1 aromatic heterocycles. The van der Waals surface area contributed by atoms with Crippen LogP contribution in [0.1, 0.15) is 42.6 Å². The molecule has 6 nitrogen and oxygen atoms in total. The average molecular weight is 456 g/mol. The topological polar surface area (TPSA) is 73.2 Å². The van der Waals surface area contributed by atoms with Gasteiger partial charge in [-0.2, -0.15) is 0 Å². The van der Waals surface area contributed by atoms with Crippen molar-refractivity contribution in [3.8, 4) is 0 Å². The second kappa shape index (κ2) is 9.83. The summed E-state index contributed by atoms with van der Waals surface area (Å²) in [6, 6.07) is 11.3. The fraction of sp³-hybridized carbons (Fsp3) is 0.375. The van der Waals surface area contributed by atoms with Crippen molar-refractivity contribution in [2.24, 2.45) is 0 Å². The Morgan fingerprint density at radius 2 is 2.16 bits per heavy atom. The maximum atomic E-state index is 13.6. The Morgan fingerprint density at radius 1 is 1.31 bits per heavy atom. The van der Waals surface area contributed by atoms with Gasteiger partial charge in [0, 0.05) is 24.0 Å². The van der Waals surface area contributed by atoms with Gasteiger partial charge in [0.1, 0.15) is 5.82 Å². The summed E-state index contributed by atoms with van der Waals surface area (Å²) < 4.78 is 21.0. The van der Waals surface area contributed by atoms with Gasteiger partial charge in [0.2, 0.25) is 0 Å². The van der Waals surface area contributed by atoms with Crippen LogP contribution in [0.25, 0.3) is 10.9 Å². The maximum Gasteiger partial charge on any atom is 0.262 e. The van der Waals surface area contributed by atoms with E-state index in [1.807, 2.05) is 19.9 Å². The third kappa shape index (κ3) is 5.19. The first-order chi connectivity index (χ1) is 15.4. The van der Waals surface area contributed by atoms with Crippen LogP contribution in [0.4, 0.5) is 4.39 Å². The molecule has 4 rings (SSSR count). The molecule has 1 amide bonds. The fourth-order valence-electron chi connectivity index (χ4n) is 3.73. The molecule has 1 saturated heterocycles. The van der Waals surface area contributed by atoms with Crippen molar-refractivity contribution < 1.29 is 13.9 Å². The van der Waals surface area contributed by atoms with Crippen LogP contribution in [0.3, 0.4) is 0 Å². The molecule has 2 aromatic carbocycles. The summed E-state index contributed by atoms with van der Waals surface area (Å²) in [5.41, 5.74) is 1.56. The van der Waals surface area contributed by atoms with Crippen molar-refractivity contribution in [1.29, 1.82) is 0 Å². The van der Waals surface area contributed by atoms with Crippen LogP contribution in [0.15, 0.2) is 52.4 Å². The van der Waals surface area contributed by atoms with Crippen molar-refractivity contribution >= 4 is 28.6 Å². The van der Waals surface area contributed by atoms with E-state index in [1.54, 1.807) is 28.8 Å². The SMILES string of the molecule is CC(C)NC(=O)c1ccc2c(=O)n(C[C@H]3CCCO3)c(SCc3cccc(F)c3)nc2c1. The molecule has 0 unspecified atom stereocenters. The van der Waals surface area contributed by atoms with Crippen LogP contribution in [-0.4, -0.2) is 34.2 Å². The van der Waals surface area contributed by atoms with E-state index >= 15 is 0 Å². The first-order valence-electron chi connectivity index (χ1n) is 10.7. The van der Waals surface area contributed by atoms with Gasteiger partial charge in [0.05, 0.1) is 23.6 Å². The van der Waals surface area contributed by atoms with Gasteiger partial charge >= 0.3 is 0 Å². The van der Waals surface area contributed by atoms with Crippen LogP contribution in [0.2, 0.25) is 0 Å². The largest absolute Gasteiger partial charge is 0.376 e. The van der Waals surface area contributed by atoms with Crippen LogP contribution in [0, 0.1) is 5.82 Å². The van der Waals surface area contributed by atoms with Gasteiger partial charge in [-0.05, 0) is 62.6 Å². The minimum atomic E-state index is -0.299. The van der Waals surface area contributed by atoms with E-state index in [1.165, 1.54) is 23.9 Å². The number of fused-ring (bicyclic) bond motifs is 1. The molecule has 32 heavy (non-hydrogen) atoms. The van der Waals surface area contributed by atoms with Gasteiger partial charge in [0.15, 0.2) is 5.16 Å². The van der Waals surface area contributed by atoms with E-state index in [9.17, 15) is 14.0 Å². The molecule has 0 saturated carbocycles. The summed E-state index contributed by atoms with van der Waals surface area (Å²) in [5.74, 6) is -0.0392. The van der Waals surface area contributed by atoms with E-state index in [0.29, 0.717) is 40.5 Å². The molecule has 8 heteroatoms. The third-order valence-corrected chi connectivity index (χ3v) is 6.32. The quantitative estimate of drug-likeness (QED) is 0.428. The number of rotatable bonds is 7. The fourth-order valence-corrected chi connectivity index (χ4v) is 4.68. The van der Waals surface area contributed by atoms with Gasteiger partial charge in [-0.1, -0.05) is 23.9 Å². The van der Waals surface area contributed by atoms with Crippen LogP contribution >= 0.6 is 11.8 Å². The monoisotopic (exact) mass is 455 g/mol. The summed E-state index contributed by atoms with van der Waals surface area (Å²) in [6.07, 6.45) is 1.84. The lowest BCUT2D eigenvalue weighted by Crippen LogP contribution is -2.31. The lowest BCUT2D eigenvalue weighted by molar-refractivity contribution is 0.0937. The van der Waals surface area contributed by atoms with E-state index in [2.05, 4.69) is 5.32 Å². The van der Waals surface area contributed by atoms with Crippen molar-refractivity contribution in [1.82, 2.24) is 14.9 Å². The second-order valence-electron chi connectivity index (χ2n) is 8.22. The minimum Gasteiger partial charge on any atom is -0.376 e. The molecule has 1 aliphatic heterocycles. The molecule has 168 valence electrons. The smallest absolute Gasteiger partial charge is 0.262 e. The lowest BCUT2D eigenvalue weighted by Gasteiger charge is -2.17. The zero-order chi connectivity index (χ0) is 22.7. The highest BCUT2D eigenvalue weighted by molar-refractivity contribution is 7.98. The minimum absolute atomic E-state index is 0.00273. The number of carbonyl (C=O) groups is 1. The number of benzene rings is 2. The van der Waals surface area contributed by atoms with E-state index in [0.717, 1.165) is 18.4 Å². The molecule has 0 aliphatic carbocycles. The number of hydrogen-bond donors (Lipinski definition) is 1. The van der Waals surface area contributed by atoms with Gasteiger partial charge in [-0.3, -0.25) is 14.2 Å². The number of thioether (sulfide) groups is 1. The number of amides is 1. The summed E-state index contributed by atoms with van der Waals surface area (Å²) in [5, 5.41) is 3.85. The summed E-state index contributed by atoms with van der Waals surface area (Å²) >= 11 is 1.38. The van der Waals surface area contributed by atoms with Crippen LogP contribution in [0.5, 0.6) is 0 Å². The molecular formula is C24H26FN3O3S. The zero-order valence-corrected chi connectivity index (χ0v) is 19.0. The predicted octanol–water partition coefficient (Wildman–Crippen LogP) is 4.15. The number of ether oxygens (including phenoxy) is 1. The Morgan fingerprint density at radius 3 is 2.88 bits per heavy atom. The van der Waals surface area contributed by atoms with Crippen LogP contribution in [-0.2, 0) is 17.0 Å². The van der Waals surface area contributed by atoms with E-state index in [4.69, 9.17) is 9.72 Å². The van der Waals surface area contributed by atoms with Gasteiger partial charge in [0.25, 0.3) is 11.5 Å². The van der Waals surface area contributed by atoms with Crippen molar-refractivity contribution in [3.63, 3.8) is 0 Å². The number of carbonyl (C=O) groups excluding carboxylic acids is 1. The van der Waals surface area contributed by atoms with Gasteiger partial charge < -0.3 is 10.1 Å². The second-order valence-corrected chi connectivity index (χ2v) is 9.17. The molecule has 1 atom stereocenters. The first-order valence-corrected chi connectivity index (χ1v) is 11.7. The number of aromatic nitrogens is 2. The first kappa shape index (κ1) is 22.5. The molecule has 1 fully saturated rings. The highest BCUT2D eigenvalue weighted by Crippen LogP contribution is 2.25. The Bertz CT molecular complexity index is 1190. The highest BCUT2D eigenvalue weighted by atomic mass is 32.2. The average Bonchev–Trinajstić information content (AvgIpc) is 3.27. The normalized spacial score (nSPS) is 16.1. The summed E-state index contributed by atoms with van der Waals surface area (Å²) in [7, 11) is 0. The summed E-state index contributed by atoms with van der Waals surface area (Å²) in [6.45, 7) is 4.90. The molecule has 0 spiro atoms. The van der Waals surface area contributed by atoms with Crippen LogP contribution < -0.4 is 10.9 Å². The molecule has 1 aliphatic rings. The zero-order valence-electron chi connectivity index (χ0n) is 18.1. The molecular weight excluding hydrogens is 429 g/mol.